The van der Waals surface area contributed by atoms with Gasteiger partial charge >= 0.3 is 0 Å². The molecule has 2 heterocycles. The number of sulfonamides is 1. The van der Waals surface area contributed by atoms with Crippen LogP contribution in [0.1, 0.15) is 31.2 Å². The number of nitrogens with one attached hydrogen (secondary N) is 1. The number of amides is 1. The molecule has 1 amide bonds. The van der Waals surface area contributed by atoms with Crippen molar-refractivity contribution in [3.8, 4) is 0 Å². The fourth-order valence-corrected chi connectivity index (χ4v) is 4.90. The fraction of sp³-hybridized carbons (Fsp3) is 0.632. The Morgan fingerprint density at radius 1 is 1.15 bits per heavy atom. The Hall–Kier alpha value is -1.15. The Morgan fingerprint density at radius 2 is 1.81 bits per heavy atom. The van der Waals surface area contributed by atoms with Crippen LogP contribution in [-0.2, 0) is 21.4 Å². The minimum Gasteiger partial charge on any atom is -0.353 e. The number of carbonyl (C=O) groups excluding carboxylic acids is 1. The van der Waals surface area contributed by atoms with E-state index >= 15 is 0 Å². The van der Waals surface area contributed by atoms with E-state index in [0.29, 0.717) is 13.1 Å². The third-order valence-electron chi connectivity index (χ3n) is 5.48. The van der Waals surface area contributed by atoms with Crippen LogP contribution in [0.4, 0.5) is 0 Å². The third-order valence-corrected chi connectivity index (χ3v) is 7.00. The Labute approximate surface area is 166 Å². The molecule has 2 saturated heterocycles. The molecular formula is C19H28ClN3O3S. The zero-order valence-electron chi connectivity index (χ0n) is 15.7. The molecular weight excluding hydrogens is 386 g/mol. The number of piperidine rings is 2. The minimum atomic E-state index is -3.23. The molecule has 0 saturated carbocycles. The Balaban J connectivity index is 1.44. The monoisotopic (exact) mass is 413 g/mol. The van der Waals surface area contributed by atoms with Gasteiger partial charge in [0, 0.05) is 43.8 Å². The predicted molar refractivity (Wildman–Crippen MR) is 107 cm³/mol. The smallest absolute Gasteiger partial charge is 0.224 e. The van der Waals surface area contributed by atoms with Gasteiger partial charge in [0.1, 0.15) is 0 Å². The molecule has 0 aromatic heterocycles. The summed E-state index contributed by atoms with van der Waals surface area (Å²) >= 11 is 5.93. The molecule has 3 rings (SSSR count). The normalized spacial score (nSPS) is 23.3. The molecule has 6 nitrogen and oxygen atoms in total. The summed E-state index contributed by atoms with van der Waals surface area (Å²) in [5, 5.41) is 3.90. The molecule has 0 bridgehead atoms. The van der Waals surface area contributed by atoms with E-state index in [0.717, 1.165) is 50.3 Å². The highest BCUT2D eigenvalue weighted by molar-refractivity contribution is 7.88. The SMILES string of the molecule is CS(=O)(=O)N1CCC[C@@H](C(=O)NC2CCN(Cc3ccc(Cl)cc3)CC2)C1. The zero-order valence-corrected chi connectivity index (χ0v) is 17.3. The van der Waals surface area contributed by atoms with Gasteiger partial charge in [-0.15, -0.1) is 0 Å². The molecule has 0 unspecified atom stereocenters. The van der Waals surface area contributed by atoms with Crippen molar-refractivity contribution in [1.29, 1.82) is 0 Å². The van der Waals surface area contributed by atoms with Crippen molar-refractivity contribution in [3.63, 3.8) is 0 Å². The van der Waals surface area contributed by atoms with Crippen LogP contribution in [0.3, 0.4) is 0 Å². The molecule has 0 radical (unpaired) electrons. The Bertz CT molecular complexity index is 746. The number of benzene rings is 1. The number of rotatable bonds is 5. The highest BCUT2D eigenvalue weighted by Gasteiger charge is 2.31. The van der Waals surface area contributed by atoms with E-state index in [1.165, 1.54) is 16.1 Å². The topological polar surface area (TPSA) is 69.7 Å². The molecule has 0 aliphatic carbocycles. The molecule has 1 N–H and O–H groups in total. The van der Waals surface area contributed by atoms with Gasteiger partial charge in [-0.3, -0.25) is 9.69 Å². The van der Waals surface area contributed by atoms with Crippen LogP contribution in [0, 0.1) is 5.92 Å². The van der Waals surface area contributed by atoms with Crippen molar-refractivity contribution in [1.82, 2.24) is 14.5 Å². The zero-order chi connectivity index (χ0) is 19.4. The van der Waals surface area contributed by atoms with Gasteiger partial charge in [-0.2, -0.15) is 0 Å². The quantitative estimate of drug-likeness (QED) is 0.802. The van der Waals surface area contributed by atoms with Crippen molar-refractivity contribution in [3.05, 3.63) is 34.9 Å². The van der Waals surface area contributed by atoms with E-state index in [-0.39, 0.29) is 17.9 Å². The lowest BCUT2D eigenvalue weighted by molar-refractivity contribution is -0.127. The van der Waals surface area contributed by atoms with Crippen LogP contribution in [0.15, 0.2) is 24.3 Å². The van der Waals surface area contributed by atoms with Gasteiger partial charge in [-0.25, -0.2) is 12.7 Å². The number of likely N-dealkylation sites (tertiary alicyclic amines) is 1. The lowest BCUT2D eigenvalue weighted by Gasteiger charge is -2.34. The molecule has 2 fully saturated rings. The summed E-state index contributed by atoms with van der Waals surface area (Å²) in [4.78, 5) is 15.0. The minimum absolute atomic E-state index is 0.000462. The van der Waals surface area contributed by atoms with Crippen molar-refractivity contribution in [2.75, 3.05) is 32.4 Å². The first-order valence-corrected chi connectivity index (χ1v) is 11.8. The average molecular weight is 414 g/mol. The van der Waals surface area contributed by atoms with E-state index in [4.69, 9.17) is 11.6 Å². The first-order valence-electron chi connectivity index (χ1n) is 9.53. The largest absolute Gasteiger partial charge is 0.353 e. The lowest BCUT2D eigenvalue weighted by atomic mass is 9.97. The van der Waals surface area contributed by atoms with Crippen LogP contribution in [0.25, 0.3) is 0 Å². The summed E-state index contributed by atoms with van der Waals surface area (Å²) in [7, 11) is -3.23. The van der Waals surface area contributed by atoms with Crippen molar-refractivity contribution >= 4 is 27.5 Å². The maximum absolute atomic E-state index is 12.6. The molecule has 2 aliphatic rings. The highest BCUT2D eigenvalue weighted by atomic mass is 35.5. The van der Waals surface area contributed by atoms with E-state index in [2.05, 4.69) is 10.2 Å². The highest BCUT2D eigenvalue weighted by Crippen LogP contribution is 2.20. The van der Waals surface area contributed by atoms with Crippen LogP contribution in [-0.4, -0.2) is 62.0 Å². The van der Waals surface area contributed by atoms with Crippen molar-refractivity contribution in [2.45, 2.75) is 38.3 Å². The second kappa shape index (κ2) is 8.90. The number of nitrogens with zero attached hydrogens (tertiary/aromatic N) is 2. The molecule has 1 atom stereocenters. The van der Waals surface area contributed by atoms with Crippen LogP contribution in [0.5, 0.6) is 0 Å². The molecule has 0 spiro atoms. The third kappa shape index (κ3) is 5.91. The van der Waals surface area contributed by atoms with Gasteiger partial charge < -0.3 is 5.32 Å². The van der Waals surface area contributed by atoms with Crippen molar-refractivity contribution < 1.29 is 13.2 Å². The maximum atomic E-state index is 12.6. The van der Waals surface area contributed by atoms with E-state index < -0.39 is 10.0 Å². The number of carbonyl (C=O) groups is 1. The van der Waals surface area contributed by atoms with Crippen LogP contribution >= 0.6 is 11.6 Å². The summed E-state index contributed by atoms with van der Waals surface area (Å²) in [6, 6.07) is 8.09. The van der Waals surface area contributed by atoms with Gasteiger partial charge in [0.25, 0.3) is 0 Å². The van der Waals surface area contributed by atoms with Gasteiger partial charge in [0.05, 0.1) is 12.2 Å². The molecule has 27 heavy (non-hydrogen) atoms. The molecule has 1 aromatic rings. The summed E-state index contributed by atoms with van der Waals surface area (Å²) in [6.07, 6.45) is 4.55. The molecule has 2 aliphatic heterocycles. The number of hydrogen-bond acceptors (Lipinski definition) is 4. The first-order chi connectivity index (χ1) is 12.8. The van der Waals surface area contributed by atoms with Crippen molar-refractivity contribution in [2.24, 2.45) is 5.92 Å². The summed E-state index contributed by atoms with van der Waals surface area (Å²) in [6.45, 7) is 3.59. The van der Waals surface area contributed by atoms with Gasteiger partial charge in [0.2, 0.25) is 15.9 Å². The second-order valence-electron chi connectivity index (χ2n) is 7.65. The predicted octanol–water partition coefficient (Wildman–Crippen LogP) is 2.09. The number of hydrogen-bond donors (Lipinski definition) is 1. The molecule has 8 heteroatoms. The van der Waals surface area contributed by atoms with Gasteiger partial charge in [0.15, 0.2) is 0 Å². The standard InChI is InChI=1S/C19H28ClN3O3S/c1-27(25,26)23-10-2-3-16(14-23)19(24)21-18-8-11-22(12-9-18)13-15-4-6-17(20)7-5-15/h4-7,16,18H,2-3,8-14H2,1H3,(H,21,24)/t16-/m1/s1. The Morgan fingerprint density at radius 3 is 2.44 bits per heavy atom. The molecule has 1 aromatic carbocycles. The maximum Gasteiger partial charge on any atom is 0.224 e. The molecule has 150 valence electrons. The van der Waals surface area contributed by atoms with Gasteiger partial charge in [-0.1, -0.05) is 23.7 Å². The lowest BCUT2D eigenvalue weighted by Crippen LogP contribution is -2.49. The average Bonchev–Trinajstić information content (AvgIpc) is 2.64. The van der Waals surface area contributed by atoms with E-state index in [1.54, 1.807) is 0 Å². The van der Waals surface area contributed by atoms with Crippen LogP contribution < -0.4 is 5.32 Å². The van der Waals surface area contributed by atoms with E-state index in [1.807, 2.05) is 24.3 Å². The first kappa shape index (κ1) is 20.6. The van der Waals surface area contributed by atoms with E-state index in [9.17, 15) is 13.2 Å². The number of halogens is 1. The Kier molecular flexibility index (Phi) is 6.78. The second-order valence-corrected chi connectivity index (χ2v) is 10.1. The fourth-order valence-electron chi connectivity index (χ4n) is 3.86. The summed E-state index contributed by atoms with van der Waals surface area (Å²) < 4.78 is 24.9. The van der Waals surface area contributed by atoms with Gasteiger partial charge in [-0.05, 0) is 43.4 Å². The summed E-state index contributed by atoms with van der Waals surface area (Å²) in [5.41, 5.74) is 1.24. The summed E-state index contributed by atoms with van der Waals surface area (Å²) in [5.74, 6) is -0.236. The van der Waals surface area contributed by atoms with Crippen LogP contribution in [0.2, 0.25) is 5.02 Å².